The predicted molar refractivity (Wildman–Crippen MR) is 127 cm³/mol. The van der Waals surface area contributed by atoms with E-state index >= 15 is 0 Å². The molecule has 2 amide bonds. The smallest absolute Gasteiger partial charge is 0.242 e. The first-order chi connectivity index (χ1) is 15.7. The molecule has 1 unspecified atom stereocenters. The van der Waals surface area contributed by atoms with E-state index in [1.54, 1.807) is 0 Å². The molecule has 2 heterocycles. The highest BCUT2D eigenvalue weighted by Crippen LogP contribution is 2.36. The summed E-state index contributed by atoms with van der Waals surface area (Å²) in [7, 11) is 0. The van der Waals surface area contributed by atoms with Crippen molar-refractivity contribution in [3.63, 3.8) is 0 Å². The van der Waals surface area contributed by atoms with E-state index < -0.39 is 6.04 Å². The molecule has 0 aliphatic carbocycles. The second-order valence-corrected chi connectivity index (χ2v) is 9.45. The molecule has 7 nitrogen and oxygen atoms in total. The number of aromatic amines is 1. The summed E-state index contributed by atoms with van der Waals surface area (Å²) in [5.74, 6) is 0.878. The molecule has 4 rings (SSSR count). The molecule has 2 aromatic carbocycles. The minimum absolute atomic E-state index is 0.148. The summed E-state index contributed by atoms with van der Waals surface area (Å²) in [6, 6.07) is 13.1. The second kappa shape index (κ2) is 9.17. The van der Waals surface area contributed by atoms with Crippen LogP contribution in [0.3, 0.4) is 0 Å². The molecular weight excluding hydrogens is 418 g/mol. The van der Waals surface area contributed by atoms with Crippen LogP contribution in [0.2, 0.25) is 0 Å². The fourth-order valence-corrected chi connectivity index (χ4v) is 3.92. The van der Waals surface area contributed by atoms with Gasteiger partial charge >= 0.3 is 0 Å². The Morgan fingerprint density at radius 1 is 1.06 bits per heavy atom. The number of aromatic nitrogens is 1. The highest BCUT2D eigenvalue weighted by molar-refractivity contribution is 5.90. The standard InChI is InChI=1S/C26H31N3O4/c1-16(2)24(30)29-21(11-17-13-27-20-8-6-5-7-19(17)20)25(31)28-14-26(3,4)18-9-10-22-23(12-18)33-15-32-22/h5-10,12-13,16,21,27H,11,14-15H2,1-4H3,(H,28,31)(H,29,30). The molecule has 0 bridgehead atoms. The van der Waals surface area contributed by atoms with Crippen molar-refractivity contribution in [3.05, 3.63) is 59.8 Å². The van der Waals surface area contributed by atoms with E-state index in [4.69, 9.17) is 9.47 Å². The van der Waals surface area contributed by atoms with Crippen LogP contribution in [0.5, 0.6) is 11.5 Å². The van der Waals surface area contributed by atoms with Crippen LogP contribution < -0.4 is 20.1 Å². The third-order valence-corrected chi connectivity index (χ3v) is 6.11. The Morgan fingerprint density at radius 3 is 2.61 bits per heavy atom. The number of para-hydroxylation sites is 1. The Bertz CT molecular complexity index is 1170. The summed E-state index contributed by atoms with van der Waals surface area (Å²) in [6.45, 7) is 8.39. The number of rotatable bonds is 8. The van der Waals surface area contributed by atoms with Gasteiger partial charge in [-0.2, -0.15) is 0 Å². The number of benzene rings is 2. The van der Waals surface area contributed by atoms with Gasteiger partial charge in [-0.05, 0) is 29.3 Å². The number of amides is 2. The monoisotopic (exact) mass is 449 g/mol. The van der Waals surface area contributed by atoms with Crippen molar-refractivity contribution in [1.82, 2.24) is 15.6 Å². The van der Waals surface area contributed by atoms with Crippen molar-refractivity contribution < 1.29 is 19.1 Å². The van der Waals surface area contributed by atoms with Gasteiger partial charge in [-0.1, -0.05) is 52.0 Å². The summed E-state index contributed by atoms with van der Waals surface area (Å²) in [5, 5.41) is 7.04. The number of carbonyl (C=O) groups excluding carboxylic acids is 2. The molecule has 3 aromatic rings. The van der Waals surface area contributed by atoms with Crippen molar-refractivity contribution in [1.29, 1.82) is 0 Å². The topological polar surface area (TPSA) is 92.5 Å². The van der Waals surface area contributed by atoms with E-state index in [1.807, 2.05) is 62.5 Å². The van der Waals surface area contributed by atoms with E-state index in [-0.39, 0.29) is 29.9 Å². The van der Waals surface area contributed by atoms with Crippen LogP contribution in [0, 0.1) is 5.92 Å². The van der Waals surface area contributed by atoms with Gasteiger partial charge in [0.2, 0.25) is 18.6 Å². The zero-order chi connectivity index (χ0) is 23.6. The zero-order valence-electron chi connectivity index (χ0n) is 19.5. The van der Waals surface area contributed by atoms with Crippen LogP contribution in [0.1, 0.15) is 38.8 Å². The average molecular weight is 450 g/mol. The predicted octanol–water partition coefficient (Wildman–Crippen LogP) is 3.67. The van der Waals surface area contributed by atoms with Crippen LogP contribution in [0.15, 0.2) is 48.7 Å². The molecule has 1 aliphatic heterocycles. The molecule has 1 aliphatic rings. The first-order valence-electron chi connectivity index (χ1n) is 11.3. The minimum Gasteiger partial charge on any atom is -0.454 e. The Hall–Kier alpha value is -3.48. The minimum atomic E-state index is -0.674. The summed E-state index contributed by atoms with van der Waals surface area (Å²) >= 11 is 0. The summed E-state index contributed by atoms with van der Waals surface area (Å²) in [5.41, 5.74) is 2.69. The highest BCUT2D eigenvalue weighted by atomic mass is 16.7. The number of carbonyl (C=O) groups is 2. The van der Waals surface area contributed by atoms with Gasteiger partial charge in [-0.25, -0.2) is 0 Å². The lowest BCUT2D eigenvalue weighted by atomic mass is 9.84. The van der Waals surface area contributed by atoms with Crippen molar-refractivity contribution in [2.45, 2.75) is 45.6 Å². The molecule has 0 radical (unpaired) electrons. The van der Waals surface area contributed by atoms with Crippen molar-refractivity contribution in [3.8, 4) is 11.5 Å². The third kappa shape index (κ3) is 4.97. The Kier molecular flexibility index (Phi) is 6.31. The fraction of sp³-hybridized carbons (Fsp3) is 0.385. The summed E-state index contributed by atoms with van der Waals surface area (Å²) in [6.07, 6.45) is 2.31. The summed E-state index contributed by atoms with van der Waals surface area (Å²) < 4.78 is 10.9. The lowest BCUT2D eigenvalue weighted by Crippen LogP contribution is -2.51. The van der Waals surface area contributed by atoms with Crippen molar-refractivity contribution in [2.75, 3.05) is 13.3 Å². The number of H-pyrrole nitrogens is 1. The lowest BCUT2D eigenvalue weighted by Gasteiger charge is -2.27. The quantitative estimate of drug-likeness (QED) is 0.489. The maximum absolute atomic E-state index is 13.2. The van der Waals surface area contributed by atoms with Gasteiger partial charge in [0.1, 0.15) is 6.04 Å². The number of hydrogen-bond acceptors (Lipinski definition) is 4. The Labute approximate surface area is 193 Å². The normalized spacial score (nSPS) is 13.8. The molecule has 174 valence electrons. The molecule has 0 spiro atoms. The third-order valence-electron chi connectivity index (χ3n) is 6.11. The molecule has 0 fully saturated rings. The van der Waals surface area contributed by atoms with Gasteiger partial charge in [0, 0.05) is 41.4 Å². The molecule has 3 N–H and O–H groups in total. The SMILES string of the molecule is CC(C)C(=O)NC(Cc1c[nH]c2ccccc12)C(=O)NCC(C)(C)c1ccc2c(c1)OCO2. The molecule has 1 aromatic heterocycles. The summed E-state index contributed by atoms with van der Waals surface area (Å²) in [4.78, 5) is 28.9. The van der Waals surface area contributed by atoms with Gasteiger partial charge in [-0.3, -0.25) is 9.59 Å². The maximum atomic E-state index is 13.2. The number of nitrogens with one attached hydrogen (secondary N) is 3. The number of fused-ring (bicyclic) bond motifs is 2. The zero-order valence-corrected chi connectivity index (χ0v) is 19.5. The van der Waals surface area contributed by atoms with Crippen molar-refractivity contribution >= 4 is 22.7 Å². The van der Waals surface area contributed by atoms with Gasteiger partial charge in [0.05, 0.1) is 0 Å². The van der Waals surface area contributed by atoms with Crippen LogP contribution in [-0.2, 0) is 21.4 Å². The average Bonchev–Trinajstić information content (AvgIpc) is 3.43. The first-order valence-corrected chi connectivity index (χ1v) is 11.3. The van der Waals surface area contributed by atoms with E-state index in [2.05, 4.69) is 29.5 Å². The van der Waals surface area contributed by atoms with Gasteiger partial charge in [0.25, 0.3) is 0 Å². The van der Waals surface area contributed by atoms with E-state index in [0.717, 1.165) is 27.8 Å². The van der Waals surface area contributed by atoms with E-state index in [1.165, 1.54) is 0 Å². The van der Waals surface area contributed by atoms with Gasteiger partial charge in [-0.15, -0.1) is 0 Å². The lowest BCUT2D eigenvalue weighted by molar-refractivity contribution is -0.130. The first kappa shape index (κ1) is 22.7. The molecule has 33 heavy (non-hydrogen) atoms. The van der Waals surface area contributed by atoms with Crippen LogP contribution in [0.25, 0.3) is 10.9 Å². The molecular formula is C26H31N3O4. The highest BCUT2D eigenvalue weighted by Gasteiger charge is 2.28. The number of ether oxygens (including phenoxy) is 2. The molecule has 0 saturated heterocycles. The van der Waals surface area contributed by atoms with E-state index in [0.29, 0.717) is 18.7 Å². The Morgan fingerprint density at radius 2 is 1.82 bits per heavy atom. The van der Waals surface area contributed by atoms with E-state index in [9.17, 15) is 9.59 Å². The van der Waals surface area contributed by atoms with Gasteiger partial charge < -0.3 is 25.1 Å². The van der Waals surface area contributed by atoms with Crippen molar-refractivity contribution in [2.24, 2.45) is 5.92 Å². The second-order valence-electron chi connectivity index (χ2n) is 9.45. The Balaban J connectivity index is 1.49. The van der Waals surface area contributed by atoms with Crippen LogP contribution in [-0.4, -0.2) is 36.2 Å². The molecule has 0 saturated carbocycles. The van der Waals surface area contributed by atoms with Crippen LogP contribution >= 0.6 is 0 Å². The molecule has 7 heteroatoms. The fourth-order valence-electron chi connectivity index (χ4n) is 3.92. The van der Waals surface area contributed by atoms with Gasteiger partial charge in [0.15, 0.2) is 11.5 Å². The largest absolute Gasteiger partial charge is 0.454 e. The molecule has 1 atom stereocenters. The maximum Gasteiger partial charge on any atom is 0.242 e. The number of hydrogen-bond donors (Lipinski definition) is 3. The van der Waals surface area contributed by atoms with Crippen LogP contribution in [0.4, 0.5) is 0 Å².